The average Bonchev–Trinajstić information content (AvgIpc) is 3.92. The quantitative estimate of drug-likeness (QED) is 0.177. The maximum atomic E-state index is 13.8. The number of nitrogens with one attached hydrogen (secondary N) is 2. The number of likely N-dealkylation sites (tertiary alicyclic amines) is 2. The highest BCUT2D eigenvalue weighted by atomic mass is 32.1. The van der Waals surface area contributed by atoms with E-state index in [9.17, 15) is 27.2 Å². The highest BCUT2D eigenvalue weighted by Gasteiger charge is 2.37. The zero-order chi connectivity index (χ0) is 35.6. The van der Waals surface area contributed by atoms with E-state index < -0.39 is 23.3 Å². The van der Waals surface area contributed by atoms with Gasteiger partial charge in [0.05, 0.1) is 15.4 Å². The lowest BCUT2D eigenvalue weighted by Crippen LogP contribution is -2.49. The van der Waals surface area contributed by atoms with Gasteiger partial charge >= 0.3 is 0 Å². The summed E-state index contributed by atoms with van der Waals surface area (Å²) in [6, 6.07) is 13.8. The van der Waals surface area contributed by atoms with Gasteiger partial charge in [0.2, 0.25) is 11.8 Å². The first-order valence-corrected chi connectivity index (χ1v) is 18.6. The van der Waals surface area contributed by atoms with Crippen LogP contribution in [0, 0.1) is 23.3 Å². The molecule has 0 radical (unpaired) electrons. The number of hydrogen-bond donors (Lipinski definition) is 2. The molecule has 9 nitrogen and oxygen atoms in total. The van der Waals surface area contributed by atoms with E-state index in [0.717, 1.165) is 105 Å². The summed E-state index contributed by atoms with van der Waals surface area (Å²) in [4.78, 5) is 40.4. The lowest BCUT2D eigenvalue weighted by Gasteiger charge is -2.37. The molecule has 0 bridgehead atoms. The highest BCUT2D eigenvalue weighted by molar-refractivity contribution is 7.22. The van der Waals surface area contributed by atoms with Crippen molar-refractivity contribution < 1.29 is 27.2 Å². The molecule has 3 fully saturated rings. The fourth-order valence-electron chi connectivity index (χ4n) is 7.20. The minimum atomic E-state index is -0.724. The number of piperidine rings is 1. The van der Waals surface area contributed by atoms with Gasteiger partial charge in [-0.25, -0.2) is 27.5 Å². The first kappa shape index (κ1) is 35.2. The van der Waals surface area contributed by atoms with Gasteiger partial charge in [0.25, 0.3) is 0 Å². The second-order valence-corrected chi connectivity index (χ2v) is 15.2. The molecule has 15 heteroatoms. The van der Waals surface area contributed by atoms with Gasteiger partial charge in [-0.1, -0.05) is 40.9 Å². The van der Waals surface area contributed by atoms with Crippen molar-refractivity contribution in [1.82, 2.24) is 19.8 Å². The van der Waals surface area contributed by atoms with Crippen LogP contribution in [-0.2, 0) is 9.59 Å². The predicted molar refractivity (Wildman–Crippen MR) is 193 cm³/mol. The number of thiazole rings is 2. The molecule has 51 heavy (non-hydrogen) atoms. The molecule has 0 aliphatic carbocycles. The summed E-state index contributed by atoms with van der Waals surface area (Å²) in [6.45, 7) is 3.85. The Kier molecular flexibility index (Phi) is 10.5. The van der Waals surface area contributed by atoms with Crippen molar-refractivity contribution >= 4 is 70.9 Å². The third kappa shape index (κ3) is 7.86. The normalized spacial score (nSPS) is 20.1. The first-order chi connectivity index (χ1) is 24.6. The lowest BCUT2D eigenvalue weighted by molar-refractivity contribution is -0.121. The Morgan fingerprint density at radius 3 is 1.82 bits per heavy atom. The second-order valence-electron chi connectivity index (χ2n) is 13.1. The van der Waals surface area contributed by atoms with Crippen molar-refractivity contribution in [3.05, 3.63) is 77.9 Å². The summed E-state index contributed by atoms with van der Waals surface area (Å²) in [6.07, 6.45) is 5.65. The van der Waals surface area contributed by atoms with E-state index in [0.29, 0.717) is 20.6 Å². The number of carbonyl (C=O) groups is 2. The van der Waals surface area contributed by atoms with E-state index in [4.69, 9.17) is 0 Å². The van der Waals surface area contributed by atoms with Crippen molar-refractivity contribution in [2.24, 2.45) is 0 Å². The number of anilines is 3. The van der Waals surface area contributed by atoms with Crippen LogP contribution in [0.15, 0.2) is 54.6 Å². The number of para-hydroxylation sites is 1. The van der Waals surface area contributed by atoms with Gasteiger partial charge in [0.15, 0.2) is 21.9 Å². The minimum Gasteiger partial charge on any atom is -0.360 e. The Hall–Kier alpha value is -4.18. The maximum Gasteiger partial charge on any atom is 0.248 e. The summed E-state index contributed by atoms with van der Waals surface area (Å²) in [5, 5.41) is 6.19. The van der Waals surface area contributed by atoms with Crippen LogP contribution in [0.2, 0.25) is 0 Å². The molecule has 0 spiro atoms. The Balaban J connectivity index is 0.000000159. The van der Waals surface area contributed by atoms with E-state index in [1.165, 1.54) is 12.1 Å². The fourth-order valence-corrected chi connectivity index (χ4v) is 9.02. The molecular formula is C36H37F4N7O2S2. The third-order valence-electron chi connectivity index (χ3n) is 9.68. The van der Waals surface area contributed by atoms with Crippen molar-refractivity contribution in [1.29, 1.82) is 0 Å². The Bertz CT molecular complexity index is 2040. The van der Waals surface area contributed by atoms with E-state index in [-0.39, 0.29) is 40.1 Å². The summed E-state index contributed by atoms with van der Waals surface area (Å²) in [5.41, 5.74) is 1.18. The van der Waals surface area contributed by atoms with Gasteiger partial charge in [0.1, 0.15) is 28.7 Å². The molecule has 2 atom stereocenters. The number of amides is 2. The van der Waals surface area contributed by atoms with E-state index in [1.54, 1.807) is 0 Å². The number of halogens is 4. The molecule has 0 saturated carbocycles. The van der Waals surface area contributed by atoms with Crippen molar-refractivity contribution in [2.75, 3.05) is 48.8 Å². The Morgan fingerprint density at radius 2 is 1.24 bits per heavy atom. The number of aromatic nitrogens is 2. The average molecular weight is 740 g/mol. The summed E-state index contributed by atoms with van der Waals surface area (Å²) in [7, 11) is 2.12. The molecule has 3 saturated heterocycles. The topological polar surface area (TPSA) is 93.7 Å². The van der Waals surface area contributed by atoms with E-state index in [1.807, 2.05) is 30.3 Å². The molecular weight excluding hydrogens is 703 g/mol. The molecule has 2 amide bonds. The predicted octanol–water partition coefficient (Wildman–Crippen LogP) is 7.25. The zero-order valence-electron chi connectivity index (χ0n) is 27.9. The summed E-state index contributed by atoms with van der Waals surface area (Å²) in [5.74, 6) is -3.00. The van der Waals surface area contributed by atoms with Crippen molar-refractivity contribution in [3.8, 4) is 0 Å². The summed E-state index contributed by atoms with van der Waals surface area (Å²) < 4.78 is 55.0. The van der Waals surface area contributed by atoms with Crippen LogP contribution in [0.4, 0.5) is 33.5 Å². The second kappa shape index (κ2) is 15.2. The SMILES string of the molecule is CN1CCC(N2CCCC2C(=O)Nc2nc3c(F)cc(F)cc3s2)CC1.O=C(Nc1nc2c(F)cc(F)cc2s1)C1CCCN1c1ccccc1. The van der Waals surface area contributed by atoms with Crippen LogP contribution < -0.4 is 15.5 Å². The monoisotopic (exact) mass is 739 g/mol. The smallest absolute Gasteiger partial charge is 0.248 e. The van der Waals surface area contributed by atoms with Gasteiger partial charge in [-0.3, -0.25) is 14.5 Å². The number of rotatable bonds is 6. The molecule has 5 aromatic rings. The van der Waals surface area contributed by atoms with Crippen LogP contribution in [0.3, 0.4) is 0 Å². The van der Waals surface area contributed by atoms with Crippen molar-refractivity contribution in [2.45, 2.75) is 56.7 Å². The number of benzene rings is 3. The number of fused-ring (bicyclic) bond motifs is 2. The van der Waals surface area contributed by atoms with Gasteiger partial charge in [0, 0.05) is 30.4 Å². The van der Waals surface area contributed by atoms with E-state index in [2.05, 4.69) is 42.3 Å². The van der Waals surface area contributed by atoms with Gasteiger partial charge in [-0.15, -0.1) is 0 Å². The molecule has 268 valence electrons. The molecule has 3 aliphatic rings. The minimum absolute atomic E-state index is 0.0769. The molecule has 3 aromatic carbocycles. The number of hydrogen-bond acceptors (Lipinski definition) is 9. The number of nitrogens with zero attached hydrogens (tertiary/aromatic N) is 5. The van der Waals surface area contributed by atoms with Crippen LogP contribution >= 0.6 is 22.7 Å². The maximum absolute atomic E-state index is 13.8. The van der Waals surface area contributed by atoms with Crippen molar-refractivity contribution in [3.63, 3.8) is 0 Å². The van der Waals surface area contributed by atoms with Crippen LogP contribution in [0.25, 0.3) is 20.4 Å². The van der Waals surface area contributed by atoms with Gasteiger partial charge < -0.3 is 20.4 Å². The van der Waals surface area contributed by atoms with Crippen LogP contribution in [-0.4, -0.2) is 82.9 Å². The largest absolute Gasteiger partial charge is 0.360 e. The molecule has 8 rings (SSSR count). The van der Waals surface area contributed by atoms with Gasteiger partial charge in [-0.05, 0) is 89.5 Å². The fraction of sp³-hybridized carbons (Fsp3) is 0.389. The Labute approximate surface area is 300 Å². The molecule has 3 aliphatic heterocycles. The lowest BCUT2D eigenvalue weighted by atomic mass is 10.0. The third-order valence-corrected chi connectivity index (χ3v) is 11.5. The highest BCUT2D eigenvalue weighted by Crippen LogP contribution is 2.32. The van der Waals surface area contributed by atoms with Gasteiger partial charge in [-0.2, -0.15) is 0 Å². The summed E-state index contributed by atoms with van der Waals surface area (Å²) >= 11 is 2.17. The zero-order valence-corrected chi connectivity index (χ0v) is 29.5. The molecule has 2 aromatic heterocycles. The van der Waals surface area contributed by atoms with E-state index >= 15 is 0 Å². The molecule has 5 heterocycles. The molecule has 2 unspecified atom stereocenters. The standard InChI is InChI=1S/C18H22F2N4OS.C18H15F2N3OS/c1-23-7-4-12(5-8-23)24-6-2-3-14(24)17(25)22-18-21-16-13(20)9-11(19)10-15(16)26-18;19-11-9-13(20)16-15(10-11)25-18(21-16)22-17(24)14-7-4-8-23(14)12-5-2-1-3-6-12/h9-10,12,14H,2-8H2,1H3,(H,21,22,25);1-3,5-6,9-10,14H,4,7-8H2,(H,21,22,24). The first-order valence-electron chi connectivity index (χ1n) is 17.0. The van der Waals surface area contributed by atoms with Crippen LogP contribution in [0.1, 0.15) is 38.5 Å². The number of carbonyl (C=O) groups excluding carboxylic acids is 2. The molecule has 2 N–H and O–H groups in total. The Morgan fingerprint density at radius 1 is 0.706 bits per heavy atom. The van der Waals surface area contributed by atoms with Crippen LogP contribution in [0.5, 0.6) is 0 Å².